The van der Waals surface area contributed by atoms with Gasteiger partial charge in [-0.2, -0.15) is 5.10 Å². The SMILES string of the molecule is CCc1cnc(NCCCn2nc(C)cc2C)nc1. The molecule has 0 atom stereocenters. The smallest absolute Gasteiger partial charge is 0.222 e. The zero-order valence-electron chi connectivity index (χ0n) is 11.8. The van der Waals surface area contributed by atoms with Crippen LogP contribution < -0.4 is 5.32 Å². The molecule has 2 heterocycles. The van der Waals surface area contributed by atoms with E-state index in [9.17, 15) is 0 Å². The number of nitrogens with zero attached hydrogens (tertiary/aromatic N) is 4. The van der Waals surface area contributed by atoms with Gasteiger partial charge in [-0.25, -0.2) is 9.97 Å². The molecule has 0 radical (unpaired) electrons. The largest absolute Gasteiger partial charge is 0.354 e. The van der Waals surface area contributed by atoms with Crippen LogP contribution in [0.5, 0.6) is 0 Å². The lowest BCUT2D eigenvalue weighted by Gasteiger charge is -2.06. The van der Waals surface area contributed by atoms with Gasteiger partial charge in [-0.1, -0.05) is 6.92 Å². The second kappa shape index (κ2) is 6.31. The van der Waals surface area contributed by atoms with Crippen molar-refractivity contribution in [3.05, 3.63) is 35.4 Å². The first-order valence-electron chi connectivity index (χ1n) is 6.75. The van der Waals surface area contributed by atoms with Crippen LogP contribution in [0.3, 0.4) is 0 Å². The molecular weight excluding hydrogens is 238 g/mol. The Labute approximate surface area is 114 Å². The minimum absolute atomic E-state index is 0.700. The lowest BCUT2D eigenvalue weighted by atomic mass is 10.3. The third-order valence-corrected chi connectivity index (χ3v) is 3.05. The van der Waals surface area contributed by atoms with Gasteiger partial charge in [0.1, 0.15) is 0 Å². The molecule has 1 N–H and O–H groups in total. The van der Waals surface area contributed by atoms with Crippen molar-refractivity contribution in [3.8, 4) is 0 Å². The molecule has 2 aromatic heterocycles. The Hall–Kier alpha value is -1.91. The summed E-state index contributed by atoms with van der Waals surface area (Å²) in [5, 5.41) is 7.66. The maximum absolute atomic E-state index is 4.44. The van der Waals surface area contributed by atoms with Gasteiger partial charge in [-0.05, 0) is 38.3 Å². The number of anilines is 1. The summed E-state index contributed by atoms with van der Waals surface area (Å²) < 4.78 is 2.04. The number of hydrogen-bond acceptors (Lipinski definition) is 4. The van der Waals surface area contributed by atoms with E-state index in [1.807, 2.05) is 24.0 Å². The maximum Gasteiger partial charge on any atom is 0.222 e. The molecule has 0 aliphatic heterocycles. The Morgan fingerprint density at radius 1 is 1.21 bits per heavy atom. The van der Waals surface area contributed by atoms with Crippen molar-refractivity contribution in [1.29, 1.82) is 0 Å². The zero-order valence-corrected chi connectivity index (χ0v) is 11.8. The van der Waals surface area contributed by atoms with Crippen LogP contribution in [-0.4, -0.2) is 26.3 Å². The first-order valence-corrected chi connectivity index (χ1v) is 6.75. The molecule has 0 bridgehead atoms. The topological polar surface area (TPSA) is 55.6 Å². The average Bonchev–Trinajstić information content (AvgIpc) is 2.74. The van der Waals surface area contributed by atoms with Crippen LogP contribution in [-0.2, 0) is 13.0 Å². The van der Waals surface area contributed by atoms with Crippen molar-refractivity contribution in [2.24, 2.45) is 0 Å². The van der Waals surface area contributed by atoms with Crippen molar-refractivity contribution in [3.63, 3.8) is 0 Å². The molecule has 5 nitrogen and oxygen atoms in total. The second-order valence-electron chi connectivity index (χ2n) is 4.70. The van der Waals surface area contributed by atoms with Crippen molar-refractivity contribution in [2.45, 2.75) is 40.2 Å². The zero-order chi connectivity index (χ0) is 13.7. The number of nitrogens with one attached hydrogen (secondary N) is 1. The Morgan fingerprint density at radius 3 is 2.53 bits per heavy atom. The highest BCUT2D eigenvalue weighted by atomic mass is 15.3. The number of hydrogen-bond donors (Lipinski definition) is 1. The first-order chi connectivity index (χ1) is 9.19. The Balaban J connectivity index is 1.75. The van der Waals surface area contributed by atoms with E-state index in [1.165, 1.54) is 5.69 Å². The molecular formula is C14H21N5. The summed E-state index contributed by atoms with van der Waals surface area (Å²) >= 11 is 0. The van der Waals surface area contributed by atoms with E-state index in [0.29, 0.717) is 5.95 Å². The van der Waals surface area contributed by atoms with E-state index >= 15 is 0 Å². The molecule has 102 valence electrons. The lowest BCUT2D eigenvalue weighted by Crippen LogP contribution is -2.10. The van der Waals surface area contributed by atoms with E-state index in [4.69, 9.17) is 0 Å². The van der Waals surface area contributed by atoms with E-state index in [1.54, 1.807) is 0 Å². The van der Waals surface area contributed by atoms with Gasteiger partial charge in [0.05, 0.1) is 5.69 Å². The molecule has 0 fully saturated rings. The standard InChI is InChI=1S/C14H21N5/c1-4-13-9-16-14(17-10-13)15-6-5-7-19-12(3)8-11(2)18-19/h8-10H,4-7H2,1-3H3,(H,15,16,17). The lowest BCUT2D eigenvalue weighted by molar-refractivity contribution is 0.573. The minimum Gasteiger partial charge on any atom is -0.354 e. The normalized spacial score (nSPS) is 10.7. The van der Waals surface area contributed by atoms with Crippen LogP contribution in [0.15, 0.2) is 18.5 Å². The van der Waals surface area contributed by atoms with Crippen molar-refractivity contribution >= 4 is 5.95 Å². The summed E-state index contributed by atoms with van der Waals surface area (Å²) in [7, 11) is 0. The van der Waals surface area contributed by atoms with Gasteiger partial charge in [0.25, 0.3) is 0 Å². The summed E-state index contributed by atoms with van der Waals surface area (Å²) in [4.78, 5) is 8.54. The Bertz CT molecular complexity index is 515. The van der Waals surface area contributed by atoms with Gasteiger partial charge in [-0.15, -0.1) is 0 Å². The molecule has 0 aliphatic rings. The summed E-state index contributed by atoms with van der Waals surface area (Å²) in [6.07, 6.45) is 5.71. The molecule has 5 heteroatoms. The Kier molecular flexibility index (Phi) is 4.49. The Morgan fingerprint density at radius 2 is 1.95 bits per heavy atom. The van der Waals surface area contributed by atoms with Gasteiger partial charge in [0, 0.05) is 31.2 Å². The quantitative estimate of drug-likeness (QED) is 0.809. The van der Waals surface area contributed by atoms with Crippen LogP contribution in [0.25, 0.3) is 0 Å². The third kappa shape index (κ3) is 3.77. The molecule has 2 aromatic rings. The fourth-order valence-electron chi connectivity index (χ4n) is 1.96. The highest BCUT2D eigenvalue weighted by molar-refractivity contribution is 5.24. The fraction of sp³-hybridized carbons (Fsp3) is 0.500. The summed E-state index contributed by atoms with van der Waals surface area (Å²) in [6.45, 7) is 7.97. The number of aromatic nitrogens is 4. The number of aryl methyl sites for hydroxylation is 4. The summed E-state index contributed by atoms with van der Waals surface area (Å²) in [5.41, 5.74) is 3.44. The third-order valence-electron chi connectivity index (χ3n) is 3.05. The molecule has 0 unspecified atom stereocenters. The van der Waals surface area contributed by atoms with Gasteiger partial charge in [0.2, 0.25) is 5.95 Å². The second-order valence-corrected chi connectivity index (χ2v) is 4.70. The monoisotopic (exact) mass is 259 g/mol. The molecule has 0 saturated heterocycles. The number of rotatable bonds is 6. The van der Waals surface area contributed by atoms with E-state index in [-0.39, 0.29) is 0 Å². The van der Waals surface area contributed by atoms with Crippen LogP contribution in [0.2, 0.25) is 0 Å². The van der Waals surface area contributed by atoms with Gasteiger partial charge in [0.15, 0.2) is 0 Å². The summed E-state index contributed by atoms with van der Waals surface area (Å²) in [6, 6.07) is 2.10. The highest BCUT2D eigenvalue weighted by Gasteiger charge is 2.00. The predicted octanol–water partition coefficient (Wildman–Crippen LogP) is 2.35. The van der Waals surface area contributed by atoms with Gasteiger partial charge in [-0.3, -0.25) is 4.68 Å². The minimum atomic E-state index is 0.700. The molecule has 0 aromatic carbocycles. The van der Waals surface area contributed by atoms with E-state index in [0.717, 1.165) is 37.2 Å². The molecule has 0 amide bonds. The van der Waals surface area contributed by atoms with Crippen molar-refractivity contribution in [2.75, 3.05) is 11.9 Å². The van der Waals surface area contributed by atoms with Crippen molar-refractivity contribution in [1.82, 2.24) is 19.7 Å². The maximum atomic E-state index is 4.44. The van der Waals surface area contributed by atoms with E-state index < -0.39 is 0 Å². The van der Waals surface area contributed by atoms with Crippen LogP contribution in [0, 0.1) is 13.8 Å². The van der Waals surface area contributed by atoms with Gasteiger partial charge >= 0.3 is 0 Å². The predicted molar refractivity (Wildman–Crippen MR) is 76.2 cm³/mol. The van der Waals surface area contributed by atoms with E-state index in [2.05, 4.69) is 40.3 Å². The molecule has 0 aliphatic carbocycles. The van der Waals surface area contributed by atoms with Crippen LogP contribution in [0.4, 0.5) is 5.95 Å². The molecule has 2 rings (SSSR count). The fourth-order valence-corrected chi connectivity index (χ4v) is 1.96. The molecule has 19 heavy (non-hydrogen) atoms. The average molecular weight is 259 g/mol. The van der Waals surface area contributed by atoms with Gasteiger partial charge < -0.3 is 5.32 Å². The summed E-state index contributed by atoms with van der Waals surface area (Å²) in [5.74, 6) is 0.700. The molecule has 0 spiro atoms. The van der Waals surface area contributed by atoms with Crippen LogP contribution >= 0.6 is 0 Å². The first kappa shape index (κ1) is 13.5. The van der Waals surface area contributed by atoms with Crippen molar-refractivity contribution < 1.29 is 0 Å². The molecule has 0 saturated carbocycles. The van der Waals surface area contributed by atoms with Crippen LogP contribution in [0.1, 0.15) is 30.3 Å². The highest BCUT2D eigenvalue weighted by Crippen LogP contribution is 2.04.